The van der Waals surface area contributed by atoms with Crippen LogP contribution in [0, 0.1) is 0 Å². The third kappa shape index (κ3) is 3.06. The molecule has 154 valence electrons. The fourth-order valence-electron chi connectivity index (χ4n) is 3.45. The smallest absolute Gasteiger partial charge is 0.336 e. The van der Waals surface area contributed by atoms with Crippen LogP contribution in [0.5, 0.6) is 0 Å². The van der Waals surface area contributed by atoms with Gasteiger partial charge in [0.1, 0.15) is 12.2 Å². The Labute approximate surface area is 162 Å². The van der Waals surface area contributed by atoms with Gasteiger partial charge < -0.3 is 30.3 Å². The van der Waals surface area contributed by atoms with Crippen LogP contribution < -0.4 is 0 Å². The number of aliphatic hydroxyl groups excluding tert-OH is 2. The maximum absolute atomic E-state index is 14.9. The van der Waals surface area contributed by atoms with Crippen LogP contribution in [0.2, 0.25) is 0 Å². The Bertz CT molecular complexity index is 963. The fraction of sp³-hybridized carbons (Fsp3) is 0.263. The summed E-state index contributed by atoms with van der Waals surface area (Å²) >= 11 is 0. The summed E-state index contributed by atoms with van der Waals surface area (Å²) in [5, 5.41) is 50.0. The Kier molecular flexibility index (Phi) is 5.13. The molecule has 0 amide bonds. The van der Waals surface area contributed by atoms with Crippen molar-refractivity contribution in [2.75, 3.05) is 0 Å². The number of benzene rings is 2. The van der Waals surface area contributed by atoms with Crippen molar-refractivity contribution in [3.8, 4) is 0 Å². The van der Waals surface area contributed by atoms with Crippen LogP contribution in [0.25, 0.3) is 0 Å². The van der Waals surface area contributed by atoms with E-state index in [0.29, 0.717) is 0 Å². The first-order valence-electron chi connectivity index (χ1n) is 8.30. The van der Waals surface area contributed by atoms with Crippen LogP contribution >= 0.6 is 0 Å². The van der Waals surface area contributed by atoms with E-state index in [1.165, 1.54) is 24.3 Å². The predicted molar refractivity (Wildman–Crippen MR) is 91.5 cm³/mol. The van der Waals surface area contributed by atoms with E-state index in [1.807, 2.05) is 0 Å². The molecule has 5 N–H and O–H groups in total. The maximum atomic E-state index is 14.9. The van der Waals surface area contributed by atoms with E-state index in [0.717, 1.165) is 24.3 Å². The second-order valence-corrected chi connectivity index (χ2v) is 6.49. The van der Waals surface area contributed by atoms with Gasteiger partial charge >= 0.3 is 17.9 Å². The Balaban J connectivity index is 2.22. The topological polar surface area (TPSA) is 145 Å². The molecule has 1 aliphatic rings. The maximum Gasteiger partial charge on any atom is 0.336 e. The molecular weight excluding hydrogens is 394 g/mol. The first-order chi connectivity index (χ1) is 13.5. The summed E-state index contributed by atoms with van der Waals surface area (Å²) in [5.41, 5.74) is -5.78. The quantitative estimate of drug-likeness (QED) is 0.497. The lowest BCUT2D eigenvalue weighted by molar-refractivity contribution is -0.224. The van der Waals surface area contributed by atoms with Gasteiger partial charge in [-0.25, -0.2) is 9.59 Å². The highest BCUT2D eigenvalue weighted by molar-refractivity contribution is 5.90. The first kappa shape index (κ1) is 20.8. The third-order valence-corrected chi connectivity index (χ3v) is 4.87. The summed E-state index contributed by atoms with van der Waals surface area (Å²) in [7, 11) is 0. The lowest BCUT2D eigenvalue weighted by Gasteiger charge is -2.36. The molecule has 2 aromatic carbocycles. The number of aliphatic hydroxyl groups is 3. The van der Waals surface area contributed by atoms with Crippen molar-refractivity contribution in [3.05, 3.63) is 70.8 Å². The number of carboxylic acid groups (broad SMARTS) is 2. The van der Waals surface area contributed by atoms with Gasteiger partial charge in [0, 0.05) is 5.56 Å². The Morgan fingerprint density at radius 2 is 1.48 bits per heavy atom. The lowest BCUT2D eigenvalue weighted by Crippen LogP contribution is -2.53. The van der Waals surface area contributed by atoms with E-state index in [2.05, 4.69) is 0 Å². The molecule has 8 nitrogen and oxygen atoms in total. The zero-order chi connectivity index (χ0) is 21.6. The Morgan fingerprint density at radius 3 is 2.07 bits per heavy atom. The van der Waals surface area contributed by atoms with Gasteiger partial charge in [0.2, 0.25) is 6.29 Å². The van der Waals surface area contributed by atoms with Crippen molar-refractivity contribution in [3.63, 3.8) is 0 Å². The average Bonchev–Trinajstić information content (AvgIpc) is 2.88. The minimum absolute atomic E-state index is 0.360. The summed E-state index contributed by atoms with van der Waals surface area (Å²) in [6, 6.07) is 9.20. The summed E-state index contributed by atoms with van der Waals surface area (Å²) in [4.78, 5) is 22.9. The molecule has 1 aliphatic heterocycles. The van der Waals surface area contributed by atoms with Gasteiger partial charge in [0.15, 0.2) is 5.60 Å². The molecule has 4 atom stereocenters. The number of hydrogen-bond donors (Lipinski definition) is 5. The fourth-order valence-corrected chi connectivity index (χ4v) is 3.45. The van der Waals surface area contributed by atoms with Crippen molar-refractivity contribution in [1.29, 1.82) is 0 Å². The Morgan fingerprint density at radius 1 is 0.966 bits per heavy atom. The van der Waals surface area contributed by atoms with E-state index in [1.54, 1.807) is 0 Å². The molecule has 3 rings (SSSR count). The number of ether oxygens (including phenoxy) is 1. The molecule has 0 radical (unpaired) electrons. The zero-order valence-corrected chi connectivity index (χ0v) is 14.6. The standard InChI is InChI=1S/C19H16F2O8/c20-19(21)17(27)29-14(13(22)9-5-1-2-6-10(9)15(23)24)18(19,28)12-8-4-3-7-11(12)16(25)26/h1-8,13-14,17,22,27-28H,(H,23,24)(H,25,26)/t13?,14-,17?,18-/m1/s1. The molecule has 1 heterocycles. The average molecular weight is 410 g/mol. The SMILES string of the molecule is O=C(O)c1ccccc1C(O)[C@H]1OC(O)C(F)(F)[C@@]1(O)c1ccccc1C(=O)O. The Hall–Kier alpha value is -2.92. The predicted octanol–water partition coefficient (Wildman–Crippen LogP) is 1.36. The van der Waals surface area contributed by atoms with Crippen LogP contribution in [0.3, 0.4) is 0 Å². The summed E-state index contributed by atoms with van der Waals surface area (Å²) < 4.78 is 34.5. The van der Waals surface area contributed by atoms with E-state index in [9.17, 15) is 43.9 Å². The number of hydrogen-bond acceptors (Lipinski definition) is 6. The number of halogens is 2. The molecule has 0 saturated carbocycles. The van der Waals surface area contributed by atoms with E-state index in [4.69, 9.17) is 4.74 Å². The highest BCUT2D eigenvalue weighted by Gasteiger charge is 2.72. The second-order valence-electron chi connectivity index (χ2n) is 6.49. The summed E-state index contributed by atoms with van der Waals surface area (Å²) in [6.45, 7) is 0. The number of aromatic carboxylic acids is 2. The van der Waals surface area contributed by atoms with Crippen LogP contribution in [0.1, 0.15) is 37.9 Å². The number of alkyl halides is 2. The second kappa shape index (κ2) is 7.16. The minimum atomic E-state index is -4.43. The zero-order valence-electron chi connectivity index (χ0n) is 14.6. The van der Waals surface area contributed by atoms with Gasteiger partial charge in [-0.15, -0.1) is 0 Å². The highest BCUT2D eigenvalue weighted by atomic mass is 19.3. The minimum Gasteiger partial charge on any atom is -0.478 e. The lowest BCUT2D eigenvalue weighted by atomic mass is 9.78. The molecule has 1 fully saturated rings. The molecular formula is C19H16F2O8. The third-order valence-electron chi connectivity index (χ3n) is 4.87. The molecule has 10 heteroatoms. The largest absolute Gasteiger partial charge is 0.478 e. The van der Waals surface area contributed by atoms with E-state index < -0.39 is 58.7 Å². The van der Waals surface area contributed by atoms with Gasteiger partial charge in [-0.1, -0.05) is 36.4 Å². The monoisotopic (exact) mass is 410 g/mol. The molecule has 0 spiro atoms. The number of carbonyl (C=O) groups is 2. The van der Waals surface area contributed by atoms with Crippen molar-refractivity contribution in [2.45, 2.75) is 30.0 Å². The molecule has 2 aromatic rings. The van der Waals surface area contributed by atoms with Crippen molar-refractivity contribution < 1.29 is 48.6 Å². The van der Waals surface area contributed by atoms with Crippen molar-refractivity contribution >= 4 is 11.9 Å². The van der Waals surface area contributed by atoms with Crippen molar-refractivity contribution in [1.82, 2.24) is 0 Å². The normalized spacial score (nSPS) is 26.8. The molecule has 0 bridgehead atoms. The van der Waals surface area contributed by atoms with Crippen molar-refractivity contribution in [2.24, 2.45) is 0 Å². The van der Waals surface area contributed by atoms with Gasteiger partial charge in [0.05, 0.1) is 11.1 Å². The first-order valence-corrected chi connectivity index (χ1v) is 8.30. The van der Waals surface area contributed by atoms with Gasteiger partial charge in [-0.3, -0.25) is 0 Å². The molecule has 29 heavy (non-hydrogen) atoms. The number of carboxylic acids is 2. The van der Waals surface area contributed by atoms with Crippen LogP contribution in [-0.2, 0) is 10.3 Å². The van der Waals surface area contributed by atoms with Gasteiger partial charge in [-0.05, 0) is 17.7 Å². The molecule has 0 aliphatic carbocycles. The van der Waals surface area contributed by atoms with Crippen LogP contribution in [0.4, 0.5) is 8.78 Å². The van der Waals surface area contributed by atoms with Gasteiger partial charge in [-0.2, -0.15) is 8.78 Å². The van der Waals surface area contributed by atoms with Crippen LogP contribution in [-0.4, -0.2) is 55.8 Å². The molecule has 0 aromatic heterocycles. The number of rotatable bonds is 5. The van der Waals surface area contributed by atoms with Gasteiger partial charge in [0.25, 0.3) is 0 Å². The van der Waals surface area contributed by atoms with Crippen LogP contribution in [0.15, 0.2) is 48.5 Å². The summed E-state index contributed by atoms with van der Waals surface area (Å²) in [5.74, 6) is -7.53. The molecule has 1 saturated heterocycles. The van der Waals surface area contributed by atoms with E-state index in [-0.39, 0.29) is 5.56 Å². The summed E-state index contributed by atoms with van der Waals surface area (Å²) in [6.07, 6.45) is -7.31. The molecule has 2 unspecified atom stereocenters. The van der Waals surface area contributed by atoms with E-state index >= 15 is 0 Å². The highest BCUT2D eigenvalue weighted by Crippen LogP contribution is 2.54.